The Labute approximate surface area is 204 Å². The van der Waals surface area contributed by atoms with Gasteiger partial charge in [-0.25, -0.2) is 4.39 Å². The van der Waals surface area contributed by atoms with E-state index in [4.69, 9.17) is 14.2 Å². The van der Waals surface area contributed by atoms with Crippen LogP contribution in [-0.2, 0) is 4.79 Å². The average molecular weight is 490 g/mol. The SMILES string of the molecule is CCOc1cc(C(=O)NNC(=O)[C@@H](NC(=O)c2ccc(F)cc2)C(C)C)cc(OCC)c1OCC. The number of carbonyl (C=O) groups excluding carboxylic acids is 3. The van der Waals surface area contributed by atoms with Crippen molar-refractivity contribution in [1.29, 1.82) is 0 Å². The van der Waals surface area contributed by atoms with Crippen molar-refractivity contribution in [1.82, 2.24) is 16.2 Å². The number of hydrazine groups is 1. The van der Waals surface area contributed by atoms with Crippen LogP contribution < -0.4 is 30.4 Å². The Bertz CT molecular complexity index is 999. The molecule has 35 heavy (non-hydrogen) atoms. The summed E-state index contributed by atoms with van der Waals surface area (Å²) in [4.78, 5) is 38.0. The van der Waals surface area contributed by atoms with E-state index in [1.807, 2.05) is 6.92 Å². The molecule has 0 aliphatic rings. The van der Waals surface area contributed by atoms with Gasteiger partial charge in [-0.2, -0.15) is 0 Å². The summed E-state index contributed by atoms with van der Waals surface area (Å²) in [7, 11) is 0. The standard InChI is InChI=1S/C25H32FN3O6/c1-6-33-19-13-17(14-20(34-7-2)22(19)35-8-3)24(31)28-29-25(32)21(15(4)5)27-23(30)16-9-11-18(26)12-10-16/h9-15,21H,6-8H2,1-5H3,(H,27,30)(H,28,31)(H,29,32)/t21-/m0/s1. The van der Waals surface area contributed by atoms with Gasteiger partial charge >= 0.3 is 0 Å². The molecule has 0 spiro atoms. The smallest absolute Gasteiger partial charge is 0.269 e. The fourth-order valence-corrected chi connectivity index (χ4v) is 3.15. The first kappa shape index (κ1) is 27.4. The fourth-order valence-electron chi connectivity index (χ4n) is 3.15. The second kappa shape index (κ2) is 13.2. The summed E-state index contributed by atoms with van der Waals surface area (Å²) in [6, 6.07) is 6.99. The number of ether oxygens (including phenoxy) is 3. The van der Waals surface area contributed by atoms with Gasteiger partial charge in [0.25, 0.3) is 17.7 Å². The molecule has 2 aromatic rings. The molecule has 0 radical (unpaired) electrons. The van der Waals surface area contributed by atoms with Crippen LogP contribution in [0.5, 0.6) is 17.2 Å². The lowest BCUT2D eigenvalue weighted by molar-refractivity contribution is -0.124. The molecule has 0 saturated heterocycles. The molecule has 2 rings (SSSR count). The zero-order chi connectivity index (χ0) is 26.0. The molecule has 1 atom stereocenters. The van der Waals surface area contributed by atoms with E-state index in [-0.39, 0.29) is 17.0 Å². The van der Waals surface area contributed by atoms with Gasteiger partial charge in [-0.1, -0.05) is 13.8 Å². The Kier molecular flexibility index (Phi) is 10.3. The predicted octanol–water partition coefficient (Wildman–Crippen LogP) is 3.24. The van der Waals surface area contributed by atoms with E-state index in [1.54, 1.807) is 27.7 Å². The van der Waals surface area contributed by atoms with Crippen molar-refractivity contribution >= 4 is 17.7 Å². The molecule has 0 aliphatic heterocycles. The summed E-state index contributed by atoms with van der Waals surface area (Å²) < 4.78 is 30.0. The van der Waals surface area contributed by atoms with Crippen LogP contribution in [0, 0.1) is 11.7 Å². The molecule has 9 nitrogen and oxygen atoms in total. The zero-order valence-corrected chi connectivity index (χ0v) is 20.6. The number of hydrogen-bond acceptors (Lipinski definition) is 6. The van der Waals surface area contributed by atoms with Gasteiger partial charge in [0.05, 0.1) is 19.8 Å². The minimum absolute atomic E-state index is 0.178. The van der Waals surface area contributed by atoms with Crippen LogP contribution in [0.25, 0.3) is 0 Å². The minimum Gasteiger partial charge on any atom is -0.490 e. The predicted molar refractivity (Wildman–Crippen MR) is 128 cm³/mol. The summed E-state index contributed by atoms with van der Waals surface area (Å²) in [6.45, 7) is 9.97. The van der Waals surface area contributed by atoms with Crippen molar-refractivity contribution in [3.05, 3.63) is 53.3 Å². The highest BCUT2D eigenvalue weighted by Gasteiger charge is 2.26. The first-order chi connectivity index (χ1) is 16.7. The van der Waals surface area contributed by atoms with Gasteiger partial charge in [0, 0.05) is 11.1 Å². The maximum Gasteiger partial charge on any atom is 0.269 e. The van der Waals surface area contributed by atoms with Gasteiger partial charge in [-0.15, -0.1) is 0 Å². The van der Waals surface area contributed by atoms with Crippen LogP contribution in [-0.4, -0.2) is 43.6 Å². The number of amides is 3. The third kappa shape index (κ3) is 7.59. The molecule has 0 aliphatic carbocycles. The van der Waals surface area contributed by atoms with Crippen molar-refractivity contribution in [2.24, 2.45) is 5.92 Å². The second-order valence-electron chi connectivity index (χ2n) is 7.75. The number of rotatable bonds is 11. The molecular formula is C25H32FN3O6. The lowest BCUT2D eigenvalue weighted by Crippen LogP contribution is -2.54. The quantitative estimate of drug-likeness (QED) is 0.418. The molecule has 0 saturated carbocycles. The summed E-state index contributed by atoms with van der Waals surface area (Å²) >= 11 is 0. The first-order valence-corrected chi connectivity index (χ1v) is 11.4. The van der Waals surface area contributed by atoms with Gasteiger partial charge < -0.3 is 19.5 Å². The third-order valence-electron chi connectivity index (χ3n) is 4.81. The van der Waals surface area contributed by atoms with Crippen LogP contribution in [0.1, 0.15) is 55.3 Å². The molecule has 0 aromatic heterocycles. The zero-order valence-electron chi connectivity index (χ0n) is 20.6. The van der Waals surface area contributed by atoms with Gasteiger partial charge in [0.2, 0.25) is 5.75 Å². The molecule has 0 bridgehead atoms. The van der Waals surface area contributed by atoms with Crippen LogP contribution in [0.3, 0.4) is 0 Å². The topological polar surface area (TPSA) is 115 Å². The molecular weight excluding hydrogens is 457 g/mol. The third-order valence-corrected chi connectivity index (χ3v) is 4.81. The first-order valence-electron chi connectivity index (χ1n) is 11.4. The lowest BCUT2D eigenvalue weighted by Gasteiger charge is -2.22. The van der Waals surface area contributed by atoms with E-state index < -0.39 is 29.6 Å². The monoisotopic (exact) mass is 489 g/mol. The van der Waals surface area contributed by atoms with E-state index in [9.17, 15) is 18.8 Å². The number of carbonyl (C=O) groups is 3. The highest BCUT2D eigenvalue weighted by molar-refractivity contribution is 5.99. The number of benzene rings is 2. The van der Waals surface area contributed by atoms with Crippen molar-refractivity contribution in [3.63, 3.8) is 0 Å². The summed E-state index contributed by atoms with van der Waals surface area (Å²) in [6.07, 6.45) is 0. The Hall–Kier alpha value is -3.82. The highest BCUT2D eigenvalue weighted by atomic mass is 19.1. The Morgan fingerprint density at radius 1 is 0.800 bits per heavy atom. The van der Waals surface area contributed by atoms with E-state index in [0.717, 1.165) is 12.1 Å². The largest absolute Gasteiger partial charge is 0.490 e. The average Bonchev–Trinajstić information content (AvgIpc) is 2.83. The van der Waals surface area contributed by atoms with Crippen molar-refractivity contribution < 1.29 is 33.0 Å². The van der Waals surface area contributed by atoms with Crippen LogP contribution in [0.4, 0.5) is 4.39 Å². The van der Waals surface area contributed by atoms with Crippen LogP contribution in [0.2, 0.25) is 0 Å². The fraction of sp³-hybridized carbons (Fsp3) is 0.400. The van der Waals surface area contributed by atoms with E-state index in [2.05, 4.69) is 16.2 Å². The molecule has 190 valence electrons. The lowest BCUT2D eigenvalue weighted by atomic mass is 10.0. The Morgan fingerprint density at radius 3 is 1.83 bits per heavy atom. The highest BCUT2D eigenvalue weighted by Crippen LogP contribution is 2.39. The molecule has 2 aromatic carbocycles. The second-order valence-corrected chi connectivity index (χ2v) is 7.75. The molecule has 10 heteroatoms. The van der Waals surface area contributed by atoms with Gasteiger partial charge in [-0.3, -0.25) is 25.2 Å². The normalized spacial score (nSPS) is 11.4. The molecule has 0 unspecified atom stereocenters. The maximum absolute atomic E-state index is 13.1. The van der Waals surface area contributed by atoms with Crippen LogP contribution >= 0.6 is 0 Å². The summed E-state index contributed by atoms with van der Waals surface area (Å²) in [5, 5.41) is 2.61. The Morgan fingerprint density at radius 2 is 1.34 bits per heavy atom. The number of halogens is 1. The van der Waals surface area contributed by atoms with Crippen molar-refractivity contribution in [3.8, 4) is 17.2 Å². The molecule has 3 N–H and O–H groups in total. The summed E-state index contributed by atoms with van der Waals surface area (Å²) in [5.74, 6) is -1.49. The molecule has 3 amide bonds. The van der Waals surface area contributed by atoms with E-state index in [0.29, 0.717) is 37.1 Å². The van der Waals surface area contributed by atoms with E-state index in [1.165, 1.54) is 24.3 Å². The Balaban J connectivity index is 2.14. The van der Waals surface area contributed by atoms with E-state index >= 15 is 0 Å². The maximum atomic E-state index is 13.1. The van der Waals surface area contributed by atoms with Gasteiger partial charge in [0.1, 0.15) is 11.9 Å². The van der Waals surface area contributed by atoms with Crippen molar-refractivity contribution in [2.75, 3.05) is 19.8 Å². The van der Waals surface area contributed by atoms with Gasteiger partial charge in [-0.05, 0) is 63.1 Å². The van der Waals surface area contributed by atoms with Crippen LogP contribution in [0.15, 0.2) is 36.4 Å². The number of hydrogen-bond donors (Lipinski definition) is 3. The molecule has 0 fully saturated rings. The minimum atomic E-state index is -0.953. The van der Waals surface area contributed by atoms with Gasteiger partial charge in [0.15, 0.2) is 11.5 Å². The van der Waals surface area contributed by atoms with Crippen molar-refractivity contribution in [2.45, 2.75) is 40.7 Å². The summed E-state index contributed by atoms with van der Waals surface area (Å²) in [5.41, 5.74) is 5.08. The number of nitrogens with one attached hydrogen (secondary N) is 3. The molecule has 0 heterocycles.